The number of aliphatic imine (C=N–C) groups is 1. The van der Waals surface area contributed by atoms with Crippen molar-refractivity contribution in [2.45, 2.75) is 19.0 Å². The van der Waals surface area contributed by atoms with E-state index in [0.717, 1.165) is 18.5 Å². The van der Waals surface area contributed by atoms with Crippen LogP contribution >= 0.6 is 0 Å². The molecule has 3 rings (SSSR count). The third-order valence-corrected chi connectivity index (χ3v) is 4.64. The lowest BCUT2D eigenvalue weighted by molar-refractivity contribution is 0.187. The van der Waals surface area contributed by atoms with E-state index >= 15 is 0 Å². The number of carbonyl (C=O) groups is 1. The number of aromatic nitrogens is 1. The molecule has 2 aromatic rings. The van der Waals surface area contributed by atoms with Crippen molar-refractivity contribution in [2.75, 3.05) is 37.5 Å². The minimum atomic E-state index is -0.503. The number of guanidine groups is 1. The van der Waals surface area contributed by atoms with Gasteiger partial charge in [-0.05, 0) is 36.2 Å². The maximum absolute atomic E-state index is 13.9. The van der Waals surface area contributed by atoms with Crippen LogP contribution in [-0.2, 0) is 11.3 Å². The van der Waals surface area contributed by atoms with Gasteiger partial charge in [-0.25, -0.2) is 14.2 Å². The minimum absolute atomic E-state index is 0.147. The molecule has 0 radical (unpaired) electrons. The summed E-state index contributed by atoms with van der Waals surface area (Å²) in [6, 6.07) is 10.6. The van der Waals surface area contributed by atoms with Crippen LogP contribution in [0.4, 0.5) is 20.7 Å². The SMILES string of the molecule is CN=C(NCc1ccc(NC(=O)OC)cc1)NC1CCN(c2ncccc2F)C1. The number of rotatable bonds is 5. The maximum Gasteiger partial charge on any atom is 0.411 e. The van der Waals surface area contributed by atoms with Crippen molar-refractivity contribution in [1.82, 2.24) is 15.6 Å². The predicted molar refractivity (Wildman–Crippen MR) is 111 cm³/mol. The molecule has 1 fully saturated rings. The first-order chi connectivity index (χ1) is 14.1. The molecule has 0 saturated carbocycles. The van der Waals surface area contributed by atoms with Gasteiger partial charge in [0.1, 0.15) is 0 Å². The summed E-state index contributed by atoms with van der Waals surface area (Å²) in [5.74, 6) is 0.760. The van der Waals surface area contributed by atoms with Gasteiger partial charge in [-0.2, -0.15) is 0 Å². The van der Waals surface area contributed by atoms with Crippen LogP contribution in [0.2, 0.25) is 0 Å². The number of amides is 1. The van der Waals surface area contributed by atoms with E-state index < -0.39 is 6.09 Å². The summed E-state index contributed by atoms with van der Waals surface area (Å²) >= 11 is 0. The number of anilines is 2. The number of benzene rings is 1. The summed E-state index contributed by atoms with van der Waals surface area (Å²) in [4.78, 5) is 21.6. The fourth-order valence-electron chi connectivity index (χ4n) is 3.13. The second-order valence-electron chi connectivity index (χ2n) is 6.62. The van der Waals surface area contributed by atoms with E-state index in [4.69, 9.17) is 0 Å². The average Bonchev–Trinajstić information content (AvgIpc) is 3.20. The summed E-state index contributed by atoms with van der Waals surface area (Å²) in [7, 11) is 3.03. The minimum Gasteiger partial charge on any atom is -0.453 e. The summed E-state index contributed by atoms with van der Waals surface area (Å²) < 4.78 is 18.5. The van der Waals surface area contributed by atoms with Crippen LogP contribution in [0.5, 0.6) is 0 Å². The van der Waals surface area contributed by atoms with Gasteiger partial charge in [0.25, 0.3) is 0 Å². The number of hydrogen-bond acceptors (Lipinski definition) is 5. The molecule has 2 heterocycles. The number of carbonyl (C=O) groups excluding carboxylic acids is 1. The van der Waals surface area contributed by atoms with Crippen LogP contribution < -0.4 is 20.9 Å². The third-order valence-electron chi connectivity index (χ3n) is 4.64. The standard InChI is InChI=1S/C20H25FN6O2/c1-22-19(24-12-14-5-7-15(8-6-14)26-20(28)29-2)25-16-9-11-27(13-16)18-17(21)4-3-10-23-18/h3-8,10,16H,9,11-13H2,1-2H3,(H,26,28)(H2,22,24,25). The molecule has 29 heavy (non-hydrogen) atoms. The van der Waals surface area contributed by atoms with Gasteiger partial charge in [0.2, 0.25) is 0 Å². The molecule has 0 bridgehead atoms. The monoisotopic (exact) mass is 400 g/mol. The summed E-state index contributed by atoms with van der Waals surface area (Å²) in [6.45, 7) is 1.96. The second-order valence-corrected chi connectivity index (χ2v) is 6.62. The molecule has 1 amide bonds. The Labute approximate surface area is 169 Å². The fourth-order valence-corrected chi connectivity index (χ4v) is 3.13. The van der Waals surface area contributed by atoms with E-state index in [0.29, 0.717) is 30.6 Å². The lowest BCUT2D eigenvalue weighted by Crippen LogP contribution is -2.44. The van der Waals surface area contributed by atoms with Crippen molar-refractivity contribution in [2.24, 2.45) is 4.99 Å². The van der Waals surface area contributed by atoms with E-state index in [1.807, 2.05) is 17.0 Å². The zero-order valence-electron chi connectivity index (χ0n) is 16.5. The highest BCUT2D eigenvalue weighted by atomic mass is 19.1. The van der Waals surface area contributed by atoms with E-state index in [-0.39, 0.29) is 11.9 Å². The Balaban J connectivity index is 1.49. The number of nitrogens with one attached hydrogen (secondary N) is 3. The van der Waals surface area contributed by atoms with Crippen molar-refractivity contribution < 1.29 is 13.9 Å². The van der Waals surface area contributed by atoms with Crippen molar-refractivity contribution in [1.29, 1.82) is 0 Å². The largest absolute Gasteiger partial charge is 0.453 e. The number of pyridine rings is 1. The molecule has 9 heteroatoms. The van der Waals surface area contributed by atoms with Crippen LogP contribution in [0.3, 0.4) is 0 Å². The molecule has 1 aliphatic rings. The van der Waals surface area contributed by atoms with E-state index in [2.05, 4.69) is 30.7 Å². The molecule has 154 valence electrons. The summed E-state index contributed by atoms with van der Waals surface area (Å²) in [5, 5.41) is 9.25. The highest BCUT2D eigenvalue weighted by Gasteiger charge is 2.25. The number of hydrogen-bond donors (Lipinski definition) is 3. The Morgan fingerprint density at radius 1 is 1.34 bits per heavy atom. The van der Waals surface area contributed by atoms with Gasteiger partial charge in [-0.15, -0.1) is 0 Å². The van der Waals surface area contributed by atoms with E-state index in [1.165, 1.54) is 13.2 Å². The number of halogens is 1. The molecule has 3 N–H and O–H groups in total. The molecule has 1 aromatic carbocycles. The zero-order valence-corrected chi connectivity index (χ0v) is 16.5. The lowest BCUT2D eigenvalue weighted by Gasteiger charge is -2.20. The van der Waals surface area contributed by atoms with Gasteiger partial charge < -0.3 is 20.3 Å². The Hall–Kier alpha value is -3.36. The smallest absolute Gasteiger partial charge is 0.411 e. The molecule has 8 nitrogen and oxygen atoms in total. The Kier molecular flexibility index (Phi) is 6.83. The van der Waals surface area contributed by atoms with Crippen molar-refractivity contribution in [3.05, 3.63) is 54.0 Å². The van der Waals surface area contributed by atoms with Gasteiger partial charge >= 0.3 is 6.09 Å². The maximum atomic E-state index is 13.9. The van der Waals surface area contributed by atoms with Gasteiger partial charge in [0.05, 0.1) is 7.11 Å². The first-order valence-corrected chi connectivity index (χ1v) is 9.35. The van der Waals surface area contributed by atoms with Crippen molar-refractivity contribution in [3.63, 3.8) is 0 Å². The Morgan fingerprint density at radius 2 is 2.14 bits per heavy atom. The first-order valence-electron chi connectivity index (χ1n) is 9.35. The Morgan fingerprint density at radius 3 is 2.83 bits per heavy atom. The molecule has 1 saturated heterocycles. The van der Waals surface area contributed by atoms with Crippen molar-refractivity contribution >= 4 is 23.6 Å². The van der Waals surface area contributed by atoms with Crippen molar-refractivity contribution in [3.8, 4) is 0 Å². The van der Waals surface area contributed by atoms with Crippen LogP contribution in [0.25, 0.3) is 0 Å². The quantitative estimate of drug-likeness (QED) is 0.527. The molecule has 1 unspecified atom stereocenters. The Bertz CT molecular complexity index is 858. The normalized spacial score (nSPS) is 16.4. The van der Waals surface area contributed by atoms with Crippen LogP contribution in [0.15, 0.2) is 47.6 Å². The lowest BCUT2D eigenvalue weighted by atomic mass is 10.2. The topological polar surface area (TPSA) is 90.9 Å². The second kappa shape index (κ2) is 9.72. The van der Waals surface area contributed by atoms with Crippen LogP contribution in [0.1, 0.15) is 12.0 Å². The first kappa shape index (κ1) is 20.4. The van der Waals surface area contributed by atoms with Gasteiger partial charge in [-0.1, -0.05) is 12.1 Å². The van der Waals surface area contributed by atoms with Crippen LogP contribution in [-0.4, -0.2) is 50.3 Å². The van der Waals surface area contributed by atoms with Gasteiger partial charge in [-0.3, -0.25) is 10.3 Å². The van der Waals surface area contributed by atoms with Gasteiger partial charge in [0.15, 0.2) is 17.6 Å². The molecule has 0 spiro atoms. The molecular formula is C20H25FN6O2. The van der Waals surface area contributed by atoms with E-state index in [9.17, 15) is 9.18 Å². The third kappa shape index (κ3) is 5.56. The molecule has 1 atom stereocenters. The van der Waals surface area contributed by atoms with E-state index in [1.54, 1.807) is 31.4 Å². The number of methoxy groups -OCH3 is 1. The molecule has 1 aliphatic heterocycles. The number of ether oxygens (including phenoxy) is 1. The predicted octanol–water partition coefficient (Wildman–Crippen LogP) is 2.34. The highest BCUT2D eigenvalue weighted by Crippen LogP contribution is 2.20. The summed E-state index contributed by atoms with van der Waals surface area (Å²) in [6.07, 6.45) is 1.97. The van der Waals surface area contributed by atoms with Crippen LogP contribution in [0, 0.1) is 5.82 Å². The molecule has 1 aromatic heterocycles. The average molecular weight is 400 g/mol. The highest BCUT2D eigenvalue weighted by molar-refractivity contribution is 5.84. The summed E-state index contributed by atoms with van der Waals surface area (Å²) in [5.41, 5.74) is 1.70. The zero-order chi connectivity index (χ0) is 20.6. The number of nitrogens with zero attached hydrogens (tertiary/aromatic N) is 3. The fraction of sp³-hybridized carbons (Fsp3) is 0.350. The van der Waals surface area contributed by atoms with Gasteiger partial charge in [0, 0.05) is 44.6 Å². The molecule has 0 aliphatic carbocycles. The molecular weight excluding hydrogens is 375 g/mol.